The number of rotatable bonds is 4. The van der Waals surface area contributed by atoms with E-state index >= 15 is 0 Å². The highest BCUT2D eigenvalue weighted by atomic mass is 35.5. The molecule has 1 N–H and O–H groups in total. The summed E-state index contributed by atoms with van der Waals surface area (Å²) in [6.45, 7) is 2.41. The van der Waals surface area contributed by atoms with Crippen LogP contribution in [0.1, 0.15) is 68.5 Å². The minimum Gasteiger partial charge on any atom is -0.357 e. The molecule has 27 heavy (non-hydrogen) atoms. The van der Waals surface area contributed by atoms with Crippen molar-refractivity contribution in [3.05, 3.63) is 40.2 Å². The molecule has 7 heteroatoms. The predicted molar refractivity (Wildman–Crippen MR) is 103 cm³/mol. The van der Waals surface area contributed by atoms with Crippen LogP contribution in [-0.4, -0.2) is 26.9 Å². The van der Waals surface area contributed by atoms with E-state index in [0.29, 0.717) is 11.6 Å². The third-order valence-corrected chi connectivity index (χ3v) is 5.64. The number of nitrogens with zero attached hydrogens (tertiary/aromatic N) is 3. The fraction of sp³-hybridized carbons (Fsp3) is 0.550. The van der Waals surface area contributed by atoms with Crippen LogP contribution >= 0.6 is 11.6 Å². The highest BCUT2D eigenvalue weighted by Crippen LogP contribution is 2.33. The molecule has 144 valence electrons. The fourth-order valence-electron chi connectivity index (χ4n) is 4.02. The molecule has 1 aromatic carbocycles. The number of hydrogen-bond acceptors (Lipinski definition) is 4. The lowest BCUT2D eigenvalue weighted by Crippen LogP contribution is -2.39. The van der Waals surface area contributed by atoms with Crippen molar-refractivity contribution < 1.29 is 9.53 Å². The molecule has 4 rings (SSSR count). The Balaban J connectivity index is 1.67. The first-order valence-corrected chi connectivity index (χ1v) is 10.2. The number of aryl methyl sites for hydroxylation is 1. The molecule has 0 spiro atoms. The summed E-state index contributed by atoms with van der Waals surface area (Å²) in [4.78, 5) is 13.1. The van der Waals surface area contributed by atoms with Crippen LogP contribution < -0.4 is 5.32 Å². The van der Waals surface area contributed by atoms with Crippen molar-refractivity contribution in [2.45, 2.75) is 70.6 Å². The number of carbonyl (C=O) groups is 1. The number of benzene rings is 1. The van der Waals surface area contributed by atoms with E-state index < -0.39 is 6.10 Å². The van der Waals surface area contributed by atoms with Crippen LogP contribution in [0, 0.1) is 0 Å². The molecule has 1 fully saturated rings. The van der Waals surface area contributed by atoms with Gasteiger partial charge in [-0.3, -0.25) is 4.79 Å². The predicted octanol–water partition coefficient (Wildman–Crippen LogP) is 3.89. The van der Waals surface area contributed by atoms with Gasteiger partial charge in [-0.1, -0.05) is 49.4 Å². The molecule has 2 heterocycles. The monoisotopic (exact) mass is 388 g/mol. The Morgan fingerprint density at radius 2 is 2.15 bits per heavy atom. The lowest BCUT2D eigenvalue weighted by molar-refractivity contribution is -0.135. The average molecular weight is 389 g/mol. The van der Waals surface area contributed by atoms with Gasteiger partial charge in [0.1, 0.15) is 0 Å². The summed E-state index contributed by atoms with van der Waals surface area (Å²) in [5, 5.41) is 12.4. The van der Waals surface area contributed by atoms with E-state index in [2.05, 4.69) is 22.6 Å². The Morgan fingerprint density at radius 3 is 2.93 bits per heavy atom. The molecule has 2 aliphatic rings. The maximum atomic E-state index is 13.1. The summed E-state index contributed by atoms with van der Waals surface area (Å²) in [5.74, 6) is -0.0961. The van der Waals surface area contributed by atoms with Crippen molar-refractivity contribution >= 4 is 17.5 Å². The minimum atomic E-state index is -0.697. The average Bonchev–Trinajstić information content (AvgIpc) is 2.98. The molecule has 1 atom stereocenters. The molecule has 1 saturated carbocycles. The first-order valence-electron chi connectivity index (χ1n) is 9.82. The molecule has 1 unspecified atom stereocenters. The van der Waals surface area contributed by atoms with E-state index in [9.17, 15) is 4.79 Å². The maximum absolute atomic E-state index is 13.1. The molecular formula is C20H25ClN4O2. The molecular weight excluding hydrogens is 364 g/mol. The number of aromatic nitrogens is 3. The van der Waals surface area contributed by atoms with Gasteiger partial charge in [-0.05, 0) is 37.5 Å². The Bertz CT molecular complexity index is 829. The van der Waals surface area contributed by atoms with Crippen LogP contribution in [0.4, 0.5) is 0 Å². The Morgan fingerprint density at radius 1 is 1.33 bits per heavy atom. The molecule has 1 amide bonds. The standard InChI is InChI=1S/C20H25ClN4O2/c1-2-6-16-18-12-27-19(20(26)22-14-7-4-3-5-8-14)15-11-13(21)9-10-17(15)25(18)24-23-16/h9-11,14,19H,2-8,12H2,1H3,(H,22,26). The van der Waals surface area contributed by atoms with E-state index in [1.165, 1.54) is 19.3 Å². The van der Waals surface area contributed by atoms with Gasteiger partial charge in [-0.15, -0.1) is 5.10 Å². The first-order chi connectivity index (χ1) is 13.2. The van der Waals surface area contributed by atoms with Gasteiger partial charge in [0, 0.05) is 16.6 Å². The number of fused-ring (bicyclic) bond motifs is 3. The highest BCUT2D eigenvalue weighted by Gasteiger charge is 2.32. The highest BCUT2D eigenvalue weighted by molar-refractivity contribution is 6.30. The number of ether oxygens (including phenoxy) is 1. The van der Waals surface area contributed by atoms with E-state index in [-0.39, 0.29) is 11.9 Å². The van der Waals surface area contributed by atoms with Crippen molar-refractivity contribution in [2.24, 2.45) is 0 Å². The van der Waals surface area contributed by atoms with Gasteiger partial charge in [0.15, 0.2) is 6.10 Å². The van der Waals surface area contributed by atoms with E-state index in [0.717, 1.165) is 48.3 Å². The van der Waals surface area contributed by atoms with Crippen molar-refractivity contribution in [1.82, 2.24) is 20.3 Å². The molecule has 0 radical (unpaired) electrons. The van der Waals surface area contributed by atoms with E-state index in [4.69, 9.17) is 16.3 Å². The topological polar surface area (TPSA) is 69.0 Å². The third kappa shape index (κ3) is 3.73. The van der Waals surface area contributed by atoms with Gasteiger partial charge in [0.2, 0.25) is 0 Å². The Labute approximate surface area is 164 Å². The molecule has 6 nitrogen and oxygen atoms in total. The molecule has 1 aromatic heterocycles. The quantitative estimate of drug-likeness (QED) is 0.862. The van der Waals surface area contributed by atoms with Crippen molar-refractivity contribution in [3.63, 3.8) is 0 Å². The van der Waals surface area contributed by atoms with Crippen molar-refractivity contribution in [3.8, 4) is 5.69 Å². The summed E-state index contributed by atoms with van der Waals surface area (Å²) < 4.78 is 7.88. The van der Waals surface area contributed by atoms with Crippen LogP contribution in [0.5, 0.6) is 0 Å². The number of halogens is 1. The normalized spacial score (nSPS) is 19.9. The van der Waals surface area contributed by atoms with Crippen LogP contribution in [0.15, 0.2) is 18.2 Å². The molecule has 1 aliphatic carbocycles. The van der Waals surface area contributed by atoms with Crippen LogP contribution in [0.2, 0.25) is 5.02 Å². The number of amides is 1. The minimum absolute atomic E-state index is 0.0961. The second-order valence-corrected chi connectivity index (χ2v) is 7.82. The molecule has 1 aliphatic heterocycles. The summed E-state index contributed by atoms with van der Waals surface area (Å²) in [6.07, 6.45) is 6.77. The lowest BCUT2D eigenvalue weighted by Gasteiger charge is -2.25. The smallest absolute Gasteiger partial charge is 0.254 e. The number of hydrogen-bond donors (Lipinski definition) is 1. The summed E-state index contributed by atoms with van der Waals surface area (Å²) >= 11 is 6.24. The van der Waals surface area contributed by atoms with Gasteiger partial charge in [0.05, 0.1) is 23.7 Å². The number of nitrogens with one attached hydrogen (secondary N) is 1. The second kappa shape index (κ2) is 7.98. The van der Waals surface area contributed by atoms with Crippen molar-refractivity contribution in [2.75, 3.05) is 0 Å². The van der Waals surface area contributed by atoms with Crippen molar-refractivity contribution in [1.29, 1.82) is 0 Å². The molecule has 0 saturated heterocycles. The molecule has 0 bridgehead atoms. The lowest BCUT2D eigenvalue weighted by atomic mass is 9.95. The van der Waals surface area contributed by atoms with Crippen LogP contribution in [0.25, 0.3) is 5.69 Å². The summed E-state index contributed by atoms with van der Waals surface area (Å²) in [7, 11) is 0. The summed E-state index contributed by atoms with van der Waals surface area (Å²) in [5.41, 5.74) is 3.38. The Hall–Kier alpha value is -1.92. The zero-order valence-electron chi connectivity index (χ0n) is 15.6. The molecule has 2 aromatic rings. The summed E-state index contributed by atoms with van der Waals surface area (Å²) in [6, 6.07) is 5.74. The number of carbonyl (C=O) groups excluding carboxylic acids is 1. The van der Waals surface area contributed by atoms with Gasteiger partial charge in [-0.25, -0.2) is 4.68 Å². The zero-order valence-corrected chi connectivity index (χ0v) is 16.3. The van der Waals surface area contributed by atoms with Gasteiger partial charge >= 0.3 is 0 Å². The Kier molecular flexibility index (Phi) is 5.45. The van der Waals surface area contributed by atoms with E-state index in [1.807, 2.05) is 12.1 Å². The first kappa shape index (κ1) is 18.4. The fourth-order valence-corrected chi connectivity index (χ4v) is 4.20. The van der Waals surface area contributed by atoms with Crippen LogP contribution in [0.3, 0.4) is 0 Å². The van der Waals surface area contributed by atoms with Gasteiger partial charge < -0.3 is 10.1 Å². The zero-order chi connectivity index (χ0) is 18.8. The SMILES string of the molecule is CCCc1nnn2c1COC(C(=O)NC1CCCCC1)c1cc(Cl)ccc1-2. The second-order valence-electron chi connectivity index (χ2n) is 7.38. The maximum Gasteiger partial charge on any atom is 0.254 e. The van der Waals surface area contributed by atoms with Gasteiger partial charge in [-0.2, -0.15) is 0 Å². The largest absolute Gasteiger partial charge is 0.357 e. The van der Waals surface area contributed by atoms with Gasteiger partial charge in [0.25, 0.3) is 5.91 Å². The van der Waals surface area contributed by atoms with E-state index in [1.54, 1.807) is 10.7 Å². The third-order valence-electron chi connectivity index (χ3n) is 5.41. The van der Waals surface area contributed by atoms with Crippen LogP contribution in [-0.2, 0) is 22.6 Å².